The SMILES string of the molecule is COc1ccc(/C=C2\Oc3cc(OCC(N)=O)ccc3C2=O)c(OC)c1OC. The summed E-state index contributed by atoms with van der Waals surface area (Å²) in [5.41, 5.74) is 6.04. The van der Waals surface area contributed by atoms with E-state index in [9.17, 15) is 9.59 Å². The van der Waals surface area contributed by atoms with Crippen LogP contribution in [-0.4, -0.2) is 39.6 Å². The molecule has 8 heteroatoms. The Morgan fingerprint density at radius 2 is 1.82 bits per heavy atom. The van der Waals surface area contributed by atoms with Crippen molar-refractivity contribution in [3.63, 3.8) is 0 Å². The van der Waals surface area contributed by atoms with Crippen LogP contribution in [-0.2, 0) is 4.79 Å². The topological polar surface area (TPSA) is 106 Å². The van der Waals surface area contributed by atoms with Gasteiger partial charge in [0.25, 0.3) is 5.91 Å². The molecule has 2 aromatic carbocycles. The molecular weight excluding hydrogens is 366 g/mol. The highest BCUT2D eigenvalue weighted by molar-refractivity contribution is 6.14. The lowest BCUT2D eigenvalue weighted by Crippen LogP contribution is -2.19. The predicted molar refractivity (Wildman–Crippen MR) is 100 cm³/mol. The number of hydrogen-bond acceptors (Lipinski definition) is 7. The quantitative estimate of drug-likeness (QED) is 0.728. The van der Waals surface area contributed by atoms with Crippen LogP contribution >= 0.6 is 0 Å². The van der Waals surface area contributed by atoms with Gasteiger partial charge >= 0.3 is 0 Å². The average Bonchev–Trinajstić information content (AvgIpc) is 3.00. The number of hydrogen-bond donors (Lipinski definition) is 1. The number of Topliss-reactive ketones (excluding diaryl/α,β-unsaturated/α-hetero) is 1. The molecule has 1 aliphatic heterocycles. The first-order valence-corrected chi connectivity index (χ1v) is 8.26. The minimum Gasteiger partial charge on any atom is -0.493 e. The standard InChI is InChI=1S/C20H19NO7/c1-24-14-7-4-11(19(25-2)20(14)26-3)8-16-18(23)13-6-5-12(9-15(13)28-16)27-10-17(21)22/h4-9H,10H2,1-3H3,(H2,21,22)/b16-8-. The molecule has 2 N–H and O–H groups in total. The number of fused-ring (bicyclic) bond motifs is 1. The number of ether oxygens (including phenoxy) is 5. The lowest BCUT2D eigenvalue weighted by Gasteiger charge is -2.14. The van der Waals surface area contributed by atoms with Crippen molar-refractivity contribution in [3.05, 3.63) is 47.2 Å². The first-order chi connectivity index (χ1) is 13.5. The average molecular weight is 385 g/mol. The van der Waals surface area contributed by atoms with Gasteiger partial charge in [-0.05, 0) is 30.3 Å². The molecule has 8 nitrogen and oxygen atoms in total. The van der Waals surface area contributed by atoms with E-state index in [1.165, 1.54) is 27.4 Å². The van der Waals surface area contributed by atoms with Gasteiger partial charge in [0.15, 0.2) is 23.9 Å². The number of allylic oxidation sites excluding steroid dienone is 1. The molecule has 0 aromatic heterocycles. The molecule has 3 rings (SSSR count). The molecule has 0 unspecified atom stereocenters. The van der Waals surface area contributed by atoms with E-state index < -0.39 is 5.91 Å². The van der Waals surface area contributed by atoms with E-state index in [1.807, 2.05) is 0 Å². The Labute approximate surface area is 161 Å². The third kappa shape index (κ3) is 3.57. The molecule has 0 spiro atoms. The maximum atomic E-state index is 12.7. The van der Waals surface area contributed by atoms with Crippen LogP contribution in [0.2, 0.25) is 0 Å². The molecule has 1 aliphatic rings. The van der Waals surface area contributed by atoms with Gasteiger partial charge in [-0.3, -0.25) is 9.59 Å². The molecular formula is C20H19NO7. The number of nitrogens with two attached hydrogens (primary N) is 1. The predicted octanol–water partition coefficient (Wildman–Crippen LogP) is 2.19. The fraction of sp³-hybridized carbons (Fsp3) is 0.200. The van der Waals surface area contributed by atoms with Gasteiger partial charge in [-0.2, -0.15) is 0 Å². The maximum absolute atomic E-state index is 12.7. The Kier molecular flexibility index (Phi) is 5.39. The van der Waals surface area contributed by atoms with Gasteiger partial charge < -0.3 is 29.4 Å². The van der Waals surface area contributed by atoms with Gasteiger partial charge in [-0.15, -0.1) is 0 Å². The number of benzene rings is 2. The molecule has 1 heterocycles. The lowest BCUT2D eigenvalue weighted by molar-refractivity contribution is -0.119. The van der Waals surface area contributed by atoms with E-state index in [4.69, 9.17) is 29.4 Å². The van der Waals surface area contributed by atoms with Gasteiger partial charge in [0.2, 0.25) is 11.5 Å². The Bertz CT molecular complexity index is 965. The van der Waals surface area contributed by atoms with Crippen molar-refractivity contribution in [1.82, 2.24) is 0 Å². The number of methoxy groups -OCH3 is 3. The monoisotopic (exact) mass is 385 g/mol. The van der Waals surface area contributed by atoms with Crippen LogP contribution in [0.4, 0.5) is 0 Å². The molecule has 1 amide bonds. The fourth-order valence-corrected chi connectivity index (χ4v) is 2.79. The highest BCUT2D eigenvalue weighted by atomic mass is 16.5. The Balaban J connectivity index is 1.93. The van der Waals surface area contributed by atoms with E-state index in [2.05, 4.69) is 0 Å². The number of rotatable bonds is 7. The van der Waals surface area contributed by atoms with Gasteiger partial charge in [-0.1, -0.05) is 0 Å². The summed E-state index contributed by atoms with van der Waals surface area (Å²) >= 11 is 0. The van der Waals surface area contributed by atoms with Gasteiger partial charge in [0.1, 0.15) is 11.5 Å². The minimum absolute atomic E-state index is 0.118. The van der Waals surface area contributed by atoms with Crippen molar-refractivity contribution >= 4 is 17.8 Å². The smallest absolute Gasteiger partial charge is 0.255 e. The summed E-state index contributed by atoms with van der Waals surface area (Å²) < 4.78 is 27.0. The number of ketones is 1. The summed E-state index contributed by atoms with van der Waals surface area (Å²) in [7, 11) is 4.51. The molecule has 0 saturated carbocycles. The van der Waals surface area contributed by atoms with Crippen LogP contribution in [0.3, 0.4) is 0 Å². The summed E-state index contributed by atoms with van der Waals surface area (Å²) in [4.78, 5) is 23.5. The van der Waals surface area contributed by atoms with Crippen molar-refractivity contribution in [1.29, 1.82) is 0 Å². The second-order valence-electron chi connectivity index (χ2n) is 5.78. The zero-order valence-corrected chi connectivity index (χ0v) is 15.6. The van der Waals surface area contributed by atoms with E-state index >= 15 is 0 Å². The van der Waals surface area contributed by atoms with Crippen LogP contribution in [0.15, 0.2) is 36.1 Å². The molecule has 28 heavy (non-hydrogen) atoms. The Morgan fingerprint density at radius 1 is 1.07 bits per heavy atom. The Morgan fingerprint density at radius 3 is 2.46 bits per heavy atom. The third-order valence-corrected chi connectivity index (χ3v) is 4.04. The highest BCUT2D eigenvalue weighted by Crippen LogP contribution is 2.42. The summed E-state index contributed by atoms with van der Waals surface area (Å²) in [6.07, 6.45) is 1.56. The lowest BCUT2D eigenvalue weighted by atomic mass is 10.1. The number of carbonyl (C=O) groups excluding carboxylic acids is 2. The van der Waals surface area contributed by atoms with Crippen LogP contribution in [0, 0.1) is 0 Å². The number of primary amides is 1. The van der Waals surface area contributed by atoms with E-state index in [0.717, 1.165) is 0 Å². The van der Waals surface area contributed by atoms with Crippen molar-refractivity contribution in [2.45, 2.75) is 0 Å². The number of amides is 1. The molecule has 0 saturated heterocycles. The normalized spacial score (nSPS) is 13.7. The Hall–Kier alpha value is -3.68. The van der Waals surface area contributed by atoms with Crippen molar-refractivity contribution in [2.24, 2.45) is 5.73 Å². The van der Waals surface area contributed by atoms with E-state index in [-0.39, 0.29) is 18.1 Å². The fourth-order valence-electron chi connectivity index (χ4n) is 2.79. The second kappa shape index (κ2) is 7.91. The van der Waals surface area contributed by atoms with E-state index in [0.29, 0.717) is 39.9 Å². The molecule has 146 valence electrons. The molecule has 0 aliphatic carbocycles. The second-order valence-corrected chi connectivity index (χ2v) is 5.78. The van der Waals surface area contributed by atoms with E-state index in [1.54, 1.807) is 30.3 Å². The van der Waals surface area contributed by atoms with Crippen LogP contribution in [0.1, 0.15) is 15.9 Å². The van der Waals surface area contributed by atoms with Crippen molar-refractivity contribution in [3.8, 4) is 28.7 Å². The van der Waals surface area contributed by atoms with Crippen molar-refractivity contribution in [2.75, 3.05) is 27.9 Å². The molecule has 0 atom stereocenters. The van der Waals surface area contributed by atoms with Crippen LogP contribution in [0.25, 0.3) is 6.08 Å². The molecule has 0 fully saturated rings. The summed E-state index contributed by atoms with van der Waals surface area (Å²) in [6.45, 7) is -0.266. The zero-order chi connectivity index (χ0) is 20.3. The summed E-state index contributed by atoms with van der Waals surface area (Å²) in [5, 5.41) is 0. The maximum Gasteiger partial charge on any atom is 0.255 e. The summed E-state index contributed by atoms with van der Waals surface area (Å²) in [5.74, 6) is 1.25. The van der Waals surface area contributed by atoms with Crippen LogP contribution < -0.4 is 29.4 Å². The largest absolute Gasteiger partial charge is 0.493 e. The summed E-state index contributed by atoms with van der Waals surface area (Å²) in [6, 6.07) is 8.11. The highest BCUT2D eigenvalue weighted by Gasteiger charge is 2.28. The molecule has 0 bridgehead atoms. The van der Waals surface area contributed by atoms with Gasteiger partial charge in [0, 0.05) is 11.6 Å². The van der Waals surface area contributed by atoms with Gasteiger partial charge in [0.05, 0.1) is 26.9 Å². The van der Waals surface area contributed by atoms with Crippen LogP contribution in [0.5, 0.6) is 28.7 Å². The van der Waals surface area contributed by atoms with Crippen molar-refractivity contribution < 1.29 is 33.3 Å². The third-order valence-electron chi connectivity index (χ3n) is 4.04. The minimum atomic E-state index is -0.598. The van der Waals surface area contributed by atoms with Gasteiger partial charge in [-0.25, -0.2) is 0 Å². The zero-order valence-electron chi connectivity index (χ0n) is 15.6. The first-order valence-electron chi connectivity index (χ1n) is 8.26. The molecule has 0 radical (unpaired) electrons. The first kappa shape index (κ1) is 19.1. The number of carbonyl (C=O) groups is 2. The molecule has 2 aromatic rings.